The second kappa shape index (κ2) is 8.10. The van der Waals surface area contributed by atoms with Gasteiger partial charge in [0.2, 0.25) is 0 Å². The second-order valence-electron chi connectivity index (χ2n) is 7.57. The van der Waals surface area contributed by atoms with Crippen LogP contribution in [-0.4, -0.2) is 41.6 Å². The fourth-order valence-electron chi connectivity index (χ4n) is 3.71. The molecule has 0 bridgehead atoms. The van der Waals surface area contributed by atoms with E-state index in [9.17, 15) is 9.59 Å². The maximum atomic E-state index is 12.7. The second-order valence-corrected chi connectivity index (χ2v) is 7.57. The third kappa shape index (κ3) is 3.64. The summed E-state index contributed by atoms with van der Waals surface area (Å²) in [7, 11) is 1.69. The number of H-pyrrole nitrogens is 1. The zero-order valence-electron chi connectivity index (χ0n) is 17.4. The van der Waals surface area contributed by atoms with Crippen LogP contribution in [0.1, 0.15) is 22.6 Å². The van der Waals surface area contributed by atoms with Crippen LogP contribution in [-0.2, 0) is 13.5 Å². The Hall–Kier alpha value is -4.27. The highest BCUT2D eigenvalue weighted by Gasteiger charge is 2.10. The number of carbonyl (C=O) groups excluding carboxylic acids is 1. The van der Waals surface area contributed by atoms with Gasteiger partial charge in [0.1, 0.15) is 5.82 Å². The molecular weight excluding hydrogens is 406 g/mol. The van der Waals surface area contributed by atoms with Crippen LogP contribution in [0.2, 0.25) is 0 Å². The van der Waals surface area contributed by atoms with Crippen LogP contribution in [0.5, 0.6) is 0 Å². The average Bonchev–Trinajstić information content (AvgIpc) is 3.37. The van der Waals surface area contributed by atoms with E-state index in [4.69, 9.17) is 0 Å². The summed E-state index contributed by atoms with van der Waals surface area (Å²) in [6.45, 7) is 0.532. The van der Waals surface area contributed by atoms with Crippen LogP contribution in [0.3, 0.4) is 0 Å². The average molecular weight is 427 g/mol. The highest BCUT2D eigenvalue weighted by atomic mass is 16.2. The van der Waals surface area contributed by atoms with E-state index in [0.29, 0.717) is 29.7 Å². The van der Waals surface area contributed by atoms with E-state index in [1.807, 2.05) is 53.1 Å². The van der Waals surface area contributed by atoms with Gasteiger partial charge < -0.3 is 5.32 Å². The van der Waals surface area contributed by atoms with Crippen LogP contribution >= 0.6 is 0 Å². The number of benzene rings is 1. The molecule has 0 fully saturated rings. The molecule has 5 aromatic rings. The number of aryl methyl sites for hydroxylation is 2. The number of hydrogen-bond donors (Lipinski definition) is 2. The van der Waals surface area contributed by atoms with Gasteiger partial charge in [-0.15, -0.1) is 10.2 Å². The van der Waals surface area contributed by atoms with Crippen molar-refractivity contribution in [2.75, 3.05) is 6.54 Å². The van der Waals surface area contributed by atoms with Gasteiger partial charge in [-0.25, -0.2) is 9.78 Å². The molecule has 0 unspecified atom stereocenters. The van der Waals surface area contributed by atoms with Gasteiger partial charge in [-0.2, -0.15) is 0 Å². The Balaban J connectivity index is 1.25. The molecule has 9 heteroatoms. The molecule has 9 nitrogen and oxygen atoms in total. The molecule has 0 aliphatic heterocycles. The Morgan fingerprint density at radius 2 is 2.00 bits per heavy atom. The first-order valence-corrected chi connectivity index (χ1v) is 10.3. The fraction of sp³-hybridized carbons (Fsp3) is 0.174. The fourth-order valence-corrected chi connectivity index (χ4v) is 3.71. The van der Waals surface area contributed by atoms with Crippen molar-refractivity contribution in [1.29, 1.82) is 0 Å². The smallest absolute Gasteiger partial charge is 0.327 e. The van der Waals surface area contributed by atoms with E-state index < -0.39 is 0 Å². The number of nitrogens with zero attached hydrogens (tertiary/aromatic N) is 5. The number of fused-ring (bicyclic) bond motifs is 2. The summed E-state index contributed by atoms with van der Waals surface area (Å²) in [6.07, 6.45) is 5.10. The van der Waals surface area contributed by atoms with Gasteiger partial charge in [0.05, 0.1) is 5.52 Å². The zero-order chi connectivity index (χ0) is 22.1. The first-order chi connectivity index (χ1) is 15.6. The summed E-state index contributed by atoms with van der Waals surface area (Å²) in [4.78, 5) is 31.5. The van der Waals surface area contributed by atoms with E-state index in [1.165, 1.54) is 4.57 Å². The molecule has 0 aliphatic carbocycles. The van der Waals surface area contributed by atoms with Crippen molar-refractivity contribution in [3.8, 4) is 11.1 Å². The summed E-state index contributed by atoms with van der Waals surface area (Å²) < 4.78 is 3.47. The number of amides is 1. The molecule has 1 aromatic carbocycles. The van der Waals surface area contributed by atoms with Crippen LogP contribution in [0.25, 0.3) is 27.9 Å². The van der Waals surface area contributed by atoms with Crippen molar-refractivity contribution in [1.82, 2.24) is 34.4 Å². The van der Waals surface area contributed by atoms with E-state index in [1.54, 1.807) is 19.3 Å². The Kier molecular flexibility index (Phi) is 4.98. The summed E-state index contributed by atoms with van der Waals surface area (Å²) in [6, 6.07) is 15.0. The first-order valence-electron chi connectivity index (χ1n) is 10.3. The topological polar surface area (TPSA) is 110 Å². The third-order valence-corrected chi connectivity index (χ3v) is 5.46. The standard InChI is InChI=1S/C23H21N7O2/c1-29-18-13-17(14-25-21(18)26-23(29)32)15-6-4-7-16(12-15)22(31)24-10-5-9-20-28-27-19-8-2-3-11-30(19)20/h2-4,6-8,11-14H,5,9-10H2,1H3,(H,24,31)(H,25,26,32). The minimum Gasteiger partial charge on any atom is -0.352 e. The Morgan fingerprint density at radius 1 is 1.09 bits per heavy atom. The zero-order valence-corrected chi connectivity index (χ0v) is 17.4. The normalized spacial score (nSPS) is 11.3. The van der Waals surface area contributed by atoms with E-state index in [0.717, 1.165) is 29.0 Å². The van der Waals surface area contributed by atoms with Gasteiger partial charge in [-0.1, -0.05) is 18.2 Å². The van der Waals surface area contributed by atoms with Crippen molar-refractivity contribution in [3.63, 3.8) is 0 Å². The Labute approximate surface area is 182 Å². The largest absolute Gasteiger partial charge is 0.352 e. The van der Waals surface area contributed by atoms with Crippen LogP contribution in [0.15, 0.2) is 65.7 Å². The molecule has 0 saturated carbocycles. The maximum absolute atomic E-state index is 12.7. The van der Waals surface area contributed by atoms with Crippen molar-refractivity contribution in [3.05, 3.63) is 82.8 Å². The van der Waals surface area contributed by atoms with Gasteiger partial charge in [0.25, 0.3) is 5.91 Å². The lowest BCUT2D eigenvalue weighted by Crippen LogP contribution is -2.24. The van der Waals surface area contributed by atoms with Crippen molar-refractivity contribution >= 4 is 22.7 Å². The molecule has 0 radical (unpaired) electrons. The van der Waals surface area contributed by atoms with Gasteiger partial charge in [-0.3, -0.25) is 18.7 Å². The summed E-state index contributed by atoms with van der Waals surface area (Å²) in [5.41, 5.74) is 4.11. The molecule has 1 amide bonds. The number of carbonyl (C=O) groups is 1. The molecule has 160 valence electrons. The lowest BCUT2D eigenvalue weighted by molar-refractivity contribution is 0.0953. The minimum absolute atomic E-state index is 0.138. The van der Waals surface area contributed by atoms with E-state index in [2.05, 4.69) is 25.5 Å². The third-order valence-electron chi connectivity index (χ3n) is 5.46. The number of aromatic amines is 1. The molecule has 2 N–H and O–H groups in total. The lowest BCUT2D eigenvalue weighted by Gasteiger charge is -2.07. The quantitative estimate of drug-likeness (QED) is 0.404. The summed E-state index contributed by atoms with van der Waals surface area (Å²) in [5, 5.41) is 11.3. The molecule has 0 aliphatic rings. The SMILES string of the molecule is Cn1c(=O)[nH]c2ncc(-c3cccc(C(=O)NCCCc4nnc5ccccn45)c3)cc21. The molecule has 4 aromatic heterocycles. The van der Waals surface area contributed by atoms with Gasteiger partial charge in [0, 0.05) is 43.5 Å². The Morgan fingerprint density at radius 3 is 2.91 bits per heavy atom. The lowest BCUT2D eigenvalue weighted by atomic mass is 10.0. The van der Waals surface area contributed by atoms with Crippen LogP contribution in [0, 0.1) is 0 Å². The van der Waals surface area contributed by atoms with Crippen LogP contribution in [0.4, 0.5) is 0 Å². The number of pyridine rings is 2. The van der Waals surface area contributed by atoms with Crippen LogP contribution < -0.4 is 11.0 Å². The number of aromatic nitrogens is 6. The molecule has 32 heavy (non-hydrogen) atoms. The van der Waals surface area contributed by atoms with Gasteiger partial charge in [-0.05, 0) is 42.3 Å². The molecular formula is C23H21N7O2. The predicted octanol–water partition coefficient (Wildman–Crippen LogP) is 2.33. The van der Waals surface area contributed by atoms with Crippen molar-refractivity contribution in [2.45, 2.75) is 12.8 Å². The van der Waals surface area contributed by atoms with Crippen molar-refractivity contribution < 1.29 is 4.79 Å². The highest BCUT2D eigenvalue weighted by molar-refractivity contribution is 5.95. The maximum Gasteiger partial charge on any atom is 0.327 e. The summed E-state index contributed by atoms with van der Waals surface area (Å²) >= 11 is 0. The van der Waals surface area contributed by atoms with Gasteiger partial charge in [0.15, 0.2) is 11.3 Å². The number of nitrogens with one attached hydrogen (secondary N) is 2. The number of rotatable bonds is 6. The van der Waals surface area contributed by atoms with E-state index >= 15 is 0 Å². The molecule has 0 spiro atoms. The highest BCUT2D eigenvalue weighted by Crippen LogP contribution is 2.22. The predicted molar refractivity (Wildman–Crippen MR) is 120 cm³/mol. The monoisotopic (exact) mass is 427 g/mol. The molecule has 0 saturated heterocycles. The Bertz CT molecular complexity index is 1500. The molecule has 0 atom stereocenters. The van der Waals surface area contributed by atoms with E-state index in [-0.39, 0.29) is 11.6 Å². The number of imidazole rings is 1. The number of hydrogen-bond acceptors (Lipinski definition) is 5. The van der Waals surface area contributed by atoms with Gasteiger partial charge >= 0.3 is 5.69 Å². The molecule has 4 heterocycles. The molecule has 5 rings (SSSR count). The van der Waals surface area contributed by atoms with Crippen molar-refractivity contribution in [2.24, 2.45) is 7.05 Å². The minimum atomic E-state index is -0.211. The first kappa shape index (κ1) is 19.7. The summed E-state index contributed by atoms with van der Waals surface area (Å²) in [5.74, 6) is 0.736.